The molecule has 6 nitrogen and oxygen atoms in total. The number of hydrogen-bond donors (Lipinski definition) is 1. The third kappa shape index (κ3) is 2.74. The van der Waals surface area contributed by atoms with Gasteiger partial charge in [-0.25, -0.2) is 19.9 Å². The van der Waals surface area contributed by atoms with Gasteiger partial charge in [0.05, 0.1) is 18.3 Å². The zero-order valence-electron chi connectivity index (χ0n) is 12.1. The molecule has 0 aliphatic rings. The van der Waals surface area contributed by atoms with Crippen LogP contribution in [0.5, 0.6) is 5.75 Å². The summed E-state index contributed by atoms with van der Waals surface area (Å²) in [6, 6.07) is 7.55. The van der Waals surface area contributed by atoms with Gasteiger partial charge in [-0.2, -0.15) is 0 Å². The average Bonchev–Trinajstić information content (AvgIpc) is 2.47. The van der Waals surface area contributed by atoms with Crippen LogP contribution in [0.2, 0.25) is 0 Å². The molecule has 0 saturated carbocycles. The van der Waals surface area contributed by atoms with Crippen molar-refractivity contribution in [3.05, 3.63) is 41.9 Å². The van der Waals surface area contributed by atoms with E-state index in [0.717, 1.165) is 28.0 Å². The van der Waals surface area contributed by atoms with Crippen molar-refractivity contribution in [2.45, 2.75) is 13.8 Å². The van der Waals surface area contributed by atoms with Crippen molar-refractivity contribution >= 4 is 22.8 Å². The van der Waals surface area contributed by atoms with Crippen molar-refractivity contribution in [1.29, 1.82) is 0 Å². The van der Waals surface area contributed by atoms with Crippen LogP contribution in [0.15, 0.2) is 30.5 Å². The predicted octanol–water partition coefficient (Wildman–Crippen LogP) is 2.79. The number of anilines is 2. The number of ether oxygens (including phenoxy) is 1. The first kappa shape index (κ1) is 13.2. The molecular formula is C15H15N5O. The molecule has 6 heteroatoms. The quantitative estimate of drug-likeness (QED) is 0.795. The van der Waals surface area contributed by atoms with E-state index in [1.165, 1.54) is 0 Å². The van der Waals surface area contributed by atoms with Gasteiger partial charge in [-0.15, -0.1) is 0 Å². The van der Waals surface area contributed by atoms with Gasteiger partial charge in [-0.1, -0.05) is 0 Å². The second kappa shape index (κ2) is 5.32. The Labute approximate surface area is 122 Å². The van der Waals surface area contributed by atoms with Crippen molar-refractivity contribution in [2.75, 3.05) is 12.4 Å². The van der Waals surface area contributed by atoms with Gasteiger partial charge < -0.3 is 4.74 Å². The molecule has 0 bridgehead atoms. The number of methoxy groups -OCH3 is 1. The fraction of sp³-hybridized carbons (Fsp3) is 0.200. The van der Waals surface area contributed by atoms with Crippen LogP contribution in [0.1, 0.15) is 11.4 Å². The normalized spacial score (nSPS) is 10.6. The first-order valence-electron chi connectivity index (χ1n) is 6.55. The van der Waals surface area contributed by atoms with Gasteiger partial charge in [0.25, 0.3) is 0 Å². The SMILES string of the molecule is COc1ccc2nc(Nc3nccc(C)n3)nc(C)c2c1. The van der Waals surface area contributed by atoms with Crippen molar-refractivity contribution in [3.63, 3.8) is 0 Å². The Hall–Kier alpha value is -2.76. The highest BCUT2D eigenvalue weighted by Gasteiger charge is 2.07. The standard InChI is InChI=1S/C15H15N5O/c1-9-6-7-16-14(17-9)20-15-18-10(2)12-8-11(21-3)4-5-13(12)19-15/h4-8H,1-3H3,(H,16,17,18,19,20). The van der Waals surface area contributed by atoms with E-state index in [-0.39, 0.29) is 0 Å². The maximum atomic E-state index is 5.23. The van der Waals surface area contributed by atoms with E-state index in [1.54, 1.807) is 13.3 Å². The van der Waals surface area contributed by atoms with E-state index < -0.39 is 0 Å². The summed E-state index contributed by atoms with van der Waals surface area (Å²) in [7, 11) is 1.64. The van der Waals surface area contributed by atoms with E-state index in [1.807, 2.05) is 38.1 Å². The maximum absolute atomic E-state index is 5.23. The van der Waals surface area contributed by atoms with Crippen molar-refractivity contribution in [2.24, 2.45) is 0 Å². The largest absolute Gasteiger partial charge is 0.497 e. The summed E-state index contributed by atoms with van der Waals surface area (Å²) >= 11 is 0. The molecule has 0 spiro atoms. The van der Waals surface area contributed by atoms with Gasteiger partial charge in [-0.3, -0.25) is 5.32 Å². The molecule has 106 valence electrons. The summed E-state index contributed by atoms with van der Waals surface area (Å²) in [6.07, 6.45) is 1.70. The van der Waals surface area contributed by atoms with E-state index >= 15 is 0 Å². The summed E-state index contributed by atoms with van der Waals surface area (Å²) < 4.78 is 5.23. The molecule has 1 aromatic carbocycles. The molecule has 0 aliphatic carbocycles. The minimum atomic E-state index is 0.482. The van der Waals surface area contributed by atoms with E-state index in [0.29, 0.717) is 11.9 Å². The Morgan fingerprint density at radius 2 is 1.86 bits per heavy atom. The number of nitrogens with zero attached hydrogens (tertiary/aromatic N) is 4. The number of rotatable bonds is 3. The fourth-order valence-corrected chi connectivity index (χ4v) is 2.05. The molecule has 3 aromatic rings. The van der Waals surface area contributed by atoms with E-state index in [9.17, 15) is 0 Å². The number of aryl methyl sites for hydroxylation is 2. The Morgan fingerprint density at radius 3 is 2.62 bits per heavy atom. The Kier molecular flexibility index (Phi) is 3.35. The minimum absolute atomic E-state index is 0.482. The van der Waals surface area contributed by atoms with Gasteiger partial charge in [0.1, 0.15) is 5.75 Å². The zero-order chi connectivity index (χ0) is 14.8. The highest BCUT2D eigenvalue weighted by Crippen LogP contribution is 2.23. The summed E-state index contributed by atoms with van der Waals surface area (Å²) in [5.41, 5.74) is 2.60. The Balaban J connectivity index is 2.00. The molecule has 2 heterocycles. The van der Waals surface area contributed by atoms with Crippen LogP contribution < -0.4 is 10.1 Å². The zero-order valence-corrected chi connectivity index (χ0v) is 12.1. The van der Waals surface area contributed by atoms with Crippen LogP contribution in [-0.2, 0) is 0 Å². The topological polar surface area (TPSA) is 72.8 Å². The lowest BCUT2D eigenvalue weighted by Crippen LogP contribution is -2.03. The fourth-order valence-electron chi connectivity index (χ4n) is 2.05. The third-order valence-corrected chi connectivity index (χ3v) is 3.11. The van der Waals surface area contributed by atoms with Gasteiger partial charge in [0, 0.05) is 17.3 Å². The first-order valence-corrected chi connectivity index (χ1v) is 6.55. The minimum Gasteiger partial charge on any atom is -0.497 e. The number of benzene rings is 1. The third-order valence-electron chi connectivity index (χ3n) is 3.11. The summed E-state index contributed by atoms with van der Waals surface area (Å²) in [5, 5.41) is 3.99. The van der Waals surface area contributed by atoms with Crippen LogP contribution in [0.3, 0.4) is 0 Å². The molecule has 0 fully saturated rings. The van der Waals surface area contributed by atoms with E-state index in [4.69, 9.17) is 4.74 Å². The molecule has 0 unspecified atom stereocenters. The molecule has 0 aliphatic heterocycles. The van der Waals surface area contributed by atoms with Gasteiger partial charge in [-0.05, 0) is 38.1 Å². The van der Waals surface area contributed by atoms with Crippen LogP contribution in [0.4, 0.5) is 11.9 Å². The molecule has 0 radical (unpaired) electrons. The van der Waals surface area contributed by atoms with Crippen molar-refractivity contribution < 1.29 is 4.74 Å². The number of hydrogen-bond acceptors (Lipinski definition) is 6. The molecule has 0 amide bonds. The smallest absolute Gasteiger partial charge is 0.230 e. The average molecular weight is 281 g/mol. The van der Waals surface area contributed by atoms with Gasteiger partial charge in [0.15, 0.2) is 0 Å². The van der Waals surface area contributed by atoms with Crippen LogP contribution in [0, 0.1) is 13.8 Å². The molecular weight excluding hydrogens is 266 g/mol. The molecule has 21 heavy (non-hydrogen) atoms. The van der Waals surface area contributed by atoms with Crippen LogP contribution in [0.25, 0.3) is 10.9 Å². The number of fused-ring (bicyclic) bond motifs is 1. The molecule has 0 saturated heterocycles. The van der Waals surface area contributed by atoms with E-state index in [2.05, 4.69) is 25.3 Å². The highest BCUT2D eigenvalue weighted by molar-refractivity contribution is 5.83. The van der Waals surface area contributed by atoms with Crippen molar-refractivity contribution in [1.82, 2.24) is 19.9 Å². The molecule has 3 rings (SSSR count). The predicted molar refractivity (Wildman–Crippen MR) is 80.9 cm³/mol. The maximum Gasteiger partial charge on any atom is 0.230 e. The number of nitrogens with one attached hydrogen (secondary N) is 1. The lowest BCUT2D eigenvalue weighted by Gasteiger charge is -2.08. The lowest BCUT2D eigenvalue weighted by molar-refractivity contribution is 0.415. The first-order chi connectivity index (χ1) is 10.2. The Morgan fingerprint density at radius 1 is 1.00 bits per heavy atom. The van der Waals surface area contributed by atoms with Crippen molar-refractivity contribution in [3.8, 4) is 5.75 Å². The molecule has 2 aromatic heterocycles. The Bertz CT molecular complexity index is 803. The van der Waals surface area contributed by atoms with Gasteiger partial charge >= 0.3 is 0 Å². The molecule has 0 atom stereocenters. The monoisotopic (exact) mass is 281 g/mol. The summed E-state index contributed by atoms with van der Waals surface area (Å²) in [5.74, 6) is 1.76. The summed E-state index contributed by atoms with van der Waals surface area (Å²) in [6.45, 7) is 3.84. The lowest BCUT2D eigenvalue weighted by atomic mass is 10.2. The second-order valence-electron chi connectivity index (χ2n) is 4.66. The number of aromatic nitrogens is 4. The summed E-state index contributed by atoms with van der Waals surface area (Å²) in [4.78, 5) is 17.4. The molecule has 1 N–H and O–H groups in total. The second-order valence-corrected chi connectivity index (χ2v) is 4.66. The van der Waals surface area contributed by atoms with Crippen LogP contribution in [-0.4, -0.2) is 27.0 Å². The highest BCUT2D eigenvalue weighted by atomic mass is 16.5. The van der Waals surface area contributed by atoms with Gasteiger partial charge in [0.2, 0.25) is 11.9 Å². The van der Waals surface area contributed by atoms with Crippen LogP contribution >= 0.6 is 0 Å².